The smallest absolute Gasteiger partial charge is 0.254 e. The van der Waals surface area contributed by atoms with Crippen LogP contribution in [-0.2, 0) is 0 Å². The lowest BCUT2D eigenvalue weighted by Crippen LogP contribution is -2.22. The zero-order valence-corrected chi connectivity index (χ0v) is 13.4. The molecular weight excluding hydrogens is 272 g/mol. The Morgan fingerprint density at radius 1 is 1.40 bits per heavy atom. The van der Waals surface area contributed by atoms with Gasteiger partial charge in [0.2, 0.25) is 0 Å². The van der Waals surface area contributed by atoms with Gasteiger partial charge in [-0.1, -0.05) is 25.4 Å². The highest BCUT2D eigenvalue weighted by molar-refractivity contribution is 6.34. The van der Waals surface area contributed by atoms with Crippen LogP contribution in [-0.4, -0.2) is 30.9 Å². The van der Waals surface area contributed by atoms with E-state index in [1.807, 2.05) is 12.1 Å². The number of nitrogens with one attached hydrogen (secondary N) is 1. The van der Waals surface area contributed by atoms with Gasteiger partial charge in [-0.25, -0.2) is 0 Å². The Labute approximate surface area is 126 Å². The molecule has 3 nitrogen and oxygen atoms in total. The highest BCUT2D eigenvalue weighted by Crippen LogP contribution is 2.38. The van der Waals surface area contributed by atoms with Gasteiger partial charge in [-0.15, -0.1) is 0 Å². The molecule has 1 N–H and O–H groups in total. The fourth-order valence-electron chi connectivity index (χ4n) is 2.81. The fraction of sp³-hybridized carbons (Fsp3) is 0.562. The molecule has 110 valence electrons. The highest BCUT2D eigenvalue weighted by atomic mass is 35.5. The van der Waals surface area contributed by atoms with Gasteiger partial charge < -0.3 is 10.2 Å². The third-order valence-corrected chi connectivity index (χ3v) is 4.27. The van der Waals surface area contributed by atoms with Crippen molar-refractivity contribution in [3.8, 4) is 0 Å². The van der Waals surface area contributed by atoms with E-state index in [1.54, 1.807) is 25.1 Å². The van der Waals surface area contributed by atoms with E-state index < -0.39 is 0 Å². The van der Waals surface area contributed by atoms with Crippen molar-refractivity contribution in [3.63, 3.8) is 0 Å². The topological polar surface area (TPSA) is 32.3 Å². The number of hydrogen-bond donors (Lipinski definition) is 1. The molecule has 0 saturated heterocycles. The van der Waals surface area contributed by atoms with Crippen molar-refractivity contribution in [2.75, 3.05) is 19.4 Å². The van der Waals surface area contributed by atoms with Gasteiger partial charge in [-0.05, 0) is 42.9 Å². The molecule has 1 saturated carbocycles. The van der Waals surface area contributed by atoms with Crippen LogP contribution in [0.5, 0.6) is 0 Å². The lowest BCUT2D eigenvalue weighted by atomic mass is 9.92. The van der Waals surface area contributed by atoms with Crippen molar-refractivity contribution in [2.24, 2.45) is 5.41 Å². The Bertz CT molecular complexity index is 511. The molecule has 0 spiro atoms. The van der Waals surface area contributed by atoms with Gasteiger partial charge >= 0.3 is 0 Å². The second-order valence-electron chi connectivity index (χ2n) is 6.64. The largest absolute Gasteiger partial charge is 0.382 e. The molecule has 1 atom stereocenters. The maximum Gasteiger partial charge on any atom is 0.254 e. The minimum absolute atomic E-state index is 0.0644. The number of nitrogens with zero attached hydrogens (tertiary/aromatic N) is 1. The van der Waals surface area contributed by atoms with Crippen LogP contribution in [0.15, 0.2) is 18.2 Å². The number of carbonyl (C=O) groups is 1. The van der Waals surface area contributed by atoms with Crippen molar-refractivity contribution in [1.29, 1.82) is 0 Å². The molecule has 0 heterocycles. The minimum Gasteiger partial charge on any atom is -0.382 e. The summed E-state index contributed by atoms with van der Waals surface area (Å²) in [5.74, 6) is -0.0644. The summed E-state index contributed by atoms with van der Waals surface area (Å²) in [6.45, 7) is 4.61. The number of benzene rings is 1. The fourth-order valence-corrected chi connectivity index (χ4v) is 3.01. The summed E-state index contributed by atoms with van der Waals surface area (Å²) in [7, 11) is 3.47. The van der Waals surface area contributed by atoms with Crippen LogP contribution in [0.25, 0.3) is 0 Å². The number of hydrogen-bond acceptors (Lipinski definition) is 2. The summed E-state index contributed by atoms with van der Waals surface area (Å²) < 4.78 is 0. The Hall–Kier alpha value is -1.22. The highest BCUT2D eigenvalue weighted by Gasteiger charge is 2.30. The van der Waals surface area contributed by atoms with Gasteiger partial charge in [0.1, 0.15) is 0 Å². The molecule has 1 fully saturated rings. The molecule has 1 aromatic carbocycles. The first-order valence-electron chi connectivity index (χ1n) is 7.06. The standard InChI is InChI=1S/C16H23ClN2O/c1-16(2)8-7-12(10-16)18-11-5-6-14(17)13(9-11)15(20)19(3)4/h5-6,9,12,18H,7-8,10H2,1-4H3. The van der Waals surface area contributed by atoms with Gasteiger partial charge in [0.05, 0.1) is 10.6 Å². The third kappa shape index (κ3) is 3.45. The molecule has 4 heteroatoms. The first-order chi connectivity index (χ1) is 9.28. The van der Waals surface area contributed by atoms with Crippen LogP contribution in [0.4, 0.5) is 5.69 Å². The molecule has 0 aliphatic heterocycles. The van der Waals surface area contributed by atoms with E-state index in [9.17, 15) is 4.79 Å². The van der Waals surface area contributed by atoms with Crippen LogP contribution in [0.1, 0.15) is 43.5 Å². The van der Waals surface area contributed by atoms with E-state index in [0.29, 0.717) is 22.0 Å². The van der Waals surface area contributed by atoms with Crippen LogP contribution in [0.3, 0.4) is 0 Å². The summed E-state index contributed by atoms with van der Waals surface area (Å²) in [5, 5.41) is 4.03. The number of rotatable bonds is 3. The lowest BCUT2D eigenvalue weighted by Gasteiger charge is -2.19. The molecule has 0 radical (unpaired) electrons. The van der Waals surface area contributed by atoms with E-state index in [4.69, 9.17) is 11.6 Å². The number of carbonyl (C=O) groups excluding carboxylic acids is 1. The molecule has 1 aliphatic rings. The maximum absolute atomic E-state index is 12.1. The van der Waals surface area contributed by atoms with Crippen molar-refractivity contribution in [2.45, 2.75) is 39.2 Å². The second kappa shape index (κ2) is 5.65. The monoisotopic (exact) mass is 294 g/mol. The molecule has 1 aromatic rings. The molecule has 20 heavy (non-hydrogen) atoms. The van der Waals surface area contributed by atoms with Crippen LogP contribution in [0, 0.1) is 5.41 Å². The van der Waals surface area contributed by atoms with Crippen molar-refractivity contribution < 1.29 is 4.79 Å². The quantitative estimate of drug-likeness (QED) is 0.913. The molecule has 0 aromatic heterocycles. The average Bonchev–Trinajstić information content (AvgIpc) is 2.70. The van der Waals surface area contributed by atoms with E-state index >= 15 is 0 Å². The van der Waals surface area contributed by atoms with Crippen molar-refractivity contribution in [1.82, 2.24) is 4.90 Å². The Balaban J connectivity index is 2.14. The van der Waals surface area contributed by atoms with Crippen molar-refractivity contribution in [3.05, 3.63) is 28.8 Å². The summed E-state index contributed by atoms with van der Waals surface area (Å²) in [6.07, 6.45) is 3.57. The molecule has 2 rings (SSSR count). The Kier molecular flexibility index (Phi) is 4.28. The van der Waals surface area contributed by atoms with Crippen molar-refractivity contribution >= 4 is 23.2 Å². The first kappa shape index (κ1) is 15.2. The zero-order chi connectivity index (χ0) is 14.9. The summed E-state index contributed by atoms with van der Waals surface area (Å²) >= 11 is 6.12. The summed E-state index contributed by atoms with van der Waals surface area (Å²) in [4.78, 5) is 13.6. The molecule has 1 unspecified atom stereocenters. The SMILES string of the molecule is CN(C)C(=O)c1cc(NC2CCC(C)(C)C2)ccc1Cl. The molecular formula is C16H23ClN2O. The van der Waals surface area contributed by atoms with Crippen LogP contribution < -0.4 is 5.32 Å². The van der Waals surface area contributed by atoms with Crippen LogP contribution >= 0.6 is 11.6 Å². The van der Waals surface area contributed by atoms with Gasteiger partial charge in [-0.3, -0.25) is 4.79 Å². The predicted octanol–water partition coefficient (Wildman–Crippen LogP) is 4.03. The normalized spacial score (nSPS) is 20.8. The van der Waals surface area contributed by atoms with E-state index in [-0.39, 0.29) is 5.91 Å². The Morgan fingerprint density at radius 2 is 2.10 bits per heavy atom. The number of anilines is 1. The Morgan fingerprint density at radius 3 is 2.65 bits per heavy atom. The first-order valence-corrected chi connectivity index (χ1v) is 7.44. The number of amides is 1. The van der Waals surface area contributed by atoms with Gasteiger partial charge in [0, 0.05) is 25.8 Å². The second-order valence-corrected chi connectivity index (χ2v) is 7.05. The predicted molar refractivity (Wildman–Crippen MR) is 84.5 cm³/mol. The van der Waals surface area contributed by atoms with Gasteiger partial charge in [-0.2, -0.15) is 0 Å². The number of halogens is 1. The third-order valence-electron chi connectivity index (χ3n) is 3.94. The lowest BCUT2D eigenvalue weighted by molar-refractivity contribution is 0.0828. The zero-order valence-electron chi connectivity index (χ0n) is 12.7. The molecule has 0 bridgehead atoms. The van der Waals surface area contributed by atoms with Gasteiger partial charge in [0.15, 0.2) is 0 Å². The van der Waals surface area contributed by atoms with E-state index in [0.717, 1.165) is 12.1 Å². The van der Waals surface area contributed by atoms with Crippen LogP contribution in [0.2, 0.25) is 5.02 Å². The van der Waals surface area contributed by atoms with Gasteiger partial charge in [0.25, 0.3) is 5.91 Å². The van der Waals surface area contributed by atoms with E-state index in [1.165, 1.54) is 12.8 Å². The maximum atomic E-state index is 12.1. The summed E-state index contributed by atoms with van der Waals surface area (Å²) in [6, 6.07) is 6.07. The summed E-state index contributed by atoms with van der Waals surface area (Å²) in [5.41, 5.74) is 1.94. The molecule has 1 amide bonds. The molecule has 1 aliphatic carbocycles. The average molecular weight is 295 g/mol. The minimum atomic E-state index is -0.0644. The van der Waals surface area contributed by atoms with E-state index in [2.05, 4.69) is 19.2 Å².